The summed E-state index contributed by atoms with van der Waals surface area (Å²) in [5.41, 5.74) is 1.29. The van der Waals surface area contributed by atoms with E-state index in [1.165, 1.54) is 12.0 Å². The van der Waals surface area contributed by atoms with Crippen LogP contribution in [0.4, 0.5) is 0 Å². The average molecular weight is 236 g/mol. The maximum atomic E-state index is 9.33. The Labute approximate surface area is 105 Å². The largest absolute Gasteiger partial charge is 0.396 e. The molecule has 0 bridgehead atoms. The highest BCUT2D eigenvalue weighted by atomic mass is 16.5. The molecule has 0 saturated carbocycles. The van der Waals surface area contributed by atoms with Crippen molar-refractivity contribution in [3.63, 3.8) is 0 Å². The van der Waals surface area contributed by atoms with Gasteiger partial charge in [-0.15, -0.1) is 0 Å². The number of hydrogen-bond acceptors (Lipinski definition) is 2. The molecule has 0 spiro atoms. The minimum atomic E-state index is 0.242. The minimum absolute atomic E-state index is 0.242. The van der Waals surface area contributed by atoms with Gasteiger partial charge in [-0.2, -0.15) is 0 Å². The van der Waals surface area contributed by atoms with Crippen molar-refractivity contribution in [3.8, 4) is 0 Å². The van der Waals surface area contributed by atoms with Gasteiger partial charge in [-0.05, 0) is 30.7 Å². The van der Waals surface area contributed by atoms with Crippen LogP contribution in [-0.4, -0.2) is 24.9 Å². The fourth-order valence-corrected chi connectivity index (χ4v) is 1.80. The summed E-state index contributed by atoms with van der Waals surface area (Å²) in [6.07, 6.45) is 4.18. The zero-order valence-corrected chi connectivity index (χ0v) is 10.8. The van der Waals surface area contributed by atoms with Crippen molar-refractivity contribution in [1.82, 2.24) is 0 Å². The molecule has 17 heavy (non-hydrogen) atoms. The number of aliphatic hydroxyl groups excluding tert-OH is 1. The van der Waals surface area contributed by atoms with E-state index in [9.17, 15) is 5.11 Å². The van der Waals surface area contributed by atoms with Gasteiger partial charge < -0.3 is 9.84 Å². The zero-order valence-electron chi connectivity index (χ0n) is 10.8. The summed E-state index contributed by atoms with van der Waals surface area (Å²) < 4.78 is 5.53. The van der Waals surface area contributed by atoms with Gasteiger partial charge in [0, 0.05) is 19.8 Å². The normalized spacial score (nSPS) is 12.6. The predicted octanol–water partition coefficient (Wildman–Crippen LogP) is 3.04. The van der Waals surface area contributed by atoms with E-state index < -0.39 is 0 Å². The maximum absolute atomic E-state index is 9.33. The molecule has 0 amide bonds. The molecule has 1 aromatic rings. The van der Waals surface area contributed by atoms with Crippen molar-refractivity contribution in [3.05, 3.63) is 35.9 Å². The molecule has 0 aliphatic carbocycles. The van der Waals surface area contributed by atoms with Crippen LogP contribution in [-0.2, 0) is 11.2 Å². The molecule has 0 aliphatic heterocycles. The van der Waals surface area contributed by atoms with Crippen LogP contribution < -0.4 is 0 Å². The molecule has 96 valence electrons. The zero-order chi connectivity index (χ0) is 12.3. The van der Waals surface area contributed by atoms with Crippen LogP contribution in [0.3, 0.4) is 0 Å². The van der Waals surface area contributed by atoms with E-state index in [0.29, 0.717) is 5.92 Å². The van der Waals surface area contributed by atoms with Crippen LogP contribution in [0.1, 0.15) is 31.7 Å². The van der Waals surface area contributed by atoms with E-state index >= 15 is 0 Å². The van der Waals surface area contributed by atoms with Gasteiger partial charge in [-0.1, -0.05) is 43.7 Å². The Morgan fingerprint density at radius 2 is 1.94 bits per heavy atom. The van der Waals surface area contributed by atoms with Crippen LogP contribution in [0.5, 0.6) is 0 Å². The molecule has 0 fully saturated rings. The summed E-state index contributed by atoms with van der Waals surface area (Å²) in [5.74, 6) is 0.319. The van der Waals surface area contributed by atoms with E-state index in [-0.39, 0.29) is 6.61 Å². The second-order valence-corrected chi connectivity index (χ2v) is 4.49. The number of benzene rings is 1. The summed E-state index contributed by atoms with van der Waals surface area (Å²) >= 11 is 0. The Bertz CT molecular complexity index is 272. The third-order valence-corrected chi connectivity index (χ3v) is 2.94. The summed E-state index contributed by atoms with van der Waals surface area (Å²) in [4.78, 5) is 0. The van der Waals surface area contributed by atoms with Crippen molar-refractivity contribution in [2.24, 2.45) is 5.92 Å². The Balaban J connectivity index is 2.20. The molecule has 1 rings (SSSR count). The SMILES string of the molecule is CCCCOCCC(CO)Cc1ccccc1. The van der Waals surface area contributed by atoms with Crippen LogP contribution in [0.25, 0.3) is 0 Å². The molecule has 1 unspecified atom stereocenters. The van der Waals surface area contributed by atoms with E-state index in [4.69, 9.17) is 4.74 Å². The van der Waals surface area contributed by atoms with Crippen molar-refractivity contribution in [2.75, 3.05) is 19.8 Å². The van der Waals surface area contributed by atoms with Crippen molar-refractivity contribution < 1.29 is 9.84 Å². The lowest BCUT2D eigenvalue weighted by atomic mass is 9.97. The molecule has 0 saturated heterocycles. The van der Waals surface area contributed by atoms with E-state index in [0.717, 1.165) is 32.5 Å². The molecular weight excluding hydrogens is 212 g/mol. The van der Waals surface area contributed by atoms with Crippen LogP contribution in [0, 0.1) is 5.92 Å². The molecule has 0 radical (unpaired) electrons. The Kier molecular flexibility index (Phi) is 7.69. The fraction of sp³-hybridized carbons (Fsp3) is 0.600. The Morgan fingerprint density at radius 1 is 1.18 bits per heavy atom. The molecule has 2 nitrogen and oxygen atoms in total. The highest BCUT2D eigenvalue weighted by molar-refractivity contribution is 5.15. The first-order chi connectivity index (χ1) is 8.36. The average Bonchev–Trinajstić information content (AvgIpc) is 2.38. The van der Waals surface area contributed by atoms with Crippen molar-refractivity contribution in [2.45, 2.75) is 32.6 Å². The second kappa shape index (κ2) is 9.20. The first-order valence-electron chi connectivity index (χ1n) is 6.59. The van der Waals surface area contributed by atoms with Gasteiger partial charge in [-0.3, -0.25) is 0 Å². The third-order valence-electron chi connectivity index (χ3n) is 2.94. The highest BCUT2D eigenvalue weighted by Gasteiger charge is 2.08. The first-order valence-corrected chi connectivity index (χ1v) is 6.59. The summed E-state index contributed by atoms with van der Waals surface area (Å²) in [6.45, 7) is 4.01. The standard InChI is InChI=1S/C15H24O2/c1-2-3-10-17-11-9-15(13-16)12-14-7-5-4-6-8-14/h4-8,15-16H,2-3,9-13H2,1H3. The van der Waals surface area contributed by atoms with Crippen LogP contribution >= 0.6 is 0 Å². The van der Waals surface area contributed by atoms with Gasteiger partial charge in [0.2, 0.25) is 0 Å². The molecule has 2 heteroatoms. The number of aliphatic hydroxyl groups is 1. The lowest BCUT2D eigenvalue weighted by molar-refractivity contribution is 0.104. The Hall–Kier alpha value is -0.860. The smallest absolute Gasteiger partial charge is 0.0469 e. The van der Waals surface area contributed by atoms with E-state index in [1.54, 1.807) is 0 Å². The number of rotatable bonds is 9. The lowest BCUT2D eigenvalue weighted by Crippen LogP contribution is -2.13. The van der Waals surface area contributed by atoms with Gasteiger partial charge >= 0.3 is 0 Å². The van der Waals surface area contributed by atoms with E-state index in [2.05, 4.69) is 19.1 Å². The summed E-state index contributed by atoms with van der Waals surface area (Å²) in [7, 11) is 0. The molecule has 0 heterocycles. The van der Waals surface area contributed by atoms with Crippen molar-refractivity contribution >= 4 is 0 Å². The van der Waals surface area contributed by atoms with Crippen LogP contribution in [0.2, 0.25) is 0 Å². The maximum Gasteiger partial charge on any atom is 0.0469 e. The van der Waals surface area contributed by atoms with Crippen LogP contribution in [0.15, 0.2) is 30.3 Å². The quantitative estimate of drug-likeness (QED) is 0.668. The summed E-state index contributed by atoms with van der Waals surface area (Å²) in [5, 5.41) is 9.33. The number of unbranched alkanes of at least 4 members (excludes halogenated alkanes) is 1. The molecule has 0 aromatic heterocycles. The predicted molar refractivity (Wildman–Crippen MR) is 71.1 cm³/mol. The number of ether oxygens (including phenoxy) is 1. The molecule has 1 atom stereocenters. The van der Waals surface area contributed by atoms with E-state index in [1.807, 2.05) is 18.2 Å². The second-order valence-electron chi connectivity index (χ2n) is 4.49. The number of hydrogen-bond donors (Lipinski definition) is 1. The first kappa shape index (κ1) is 14.2. The lowest BCUT2D eigenvalue weighted by Gasteiger charge is -2.14. The summed E-state index contributed by atoms with van der Waals surface area (Å²) in [6, 6.07) is 10.3. The van der Waals surface area contributed by atoms with Gasteiger partial charge in [-0.25, -0.2) is 0 Å². The molecular formula is C15H24O2. The molecule has 0 aliphatic rings. The molecule has 1 N–H and O–H groups in total. The fourth-order valence-electron chi connectivity index (χ4n) is 1.80. The third kappa shape index (κ3) is 6.44. The van der Waals surface area contributed by atoms with Gasteiger partial charge in [0.15, 0.2) is 0 Å². The van der Waals surface area contributed by atoms with Crippen molar-refractivity contribution in [1.29, 1.82) is 0 Å². The van der Waals surface area contributed by atoms with Gasteiger partial charge in [0.25, 0.3) is 0 Å². The molecule has 1 aromatic carbocycles. The van der Waals surface area contributed by atoms with Gasteiger partial charge in [0.05, 0.1) is 0 Å². The topological polar surface area (TPSA) is 29.5 Å². The van der Waals surface area contributed by atoms with Gasteiger partial charge in [0.1, 0.15) is 0 Å². The minimum Gasteiger partial charge on any atom is -0.396 e. The Morgan fingerprint density at radius 3 is 2.59 bits per heavy atom. The highest BCUT2D eigenvalue weighted by Crippen LogP contribution is 2.12. The monoisotopic (exact) mass is 236 g/mol.